The van der Waals surface area contributed by atoms with E-state index >= 15 is 0 Å². The Hall–Kier alpha value is -1.74. The van der Waals surface area contributed by atoms with Gasteiger partial charge >= 0.3 is 0 Å². The molecule has 0 atom stereocenters. The summed E-state index contributed by atoms with van der Waals surface area (Å²) in [5.41, 5.74) is 9.77. The van der Waals surface area contributed by atoms with Crippen LogP contribution in [0.25, 0.3) is 11.1 Å². The molecule has 0 unspecified atom stereocenters. The second-order valence-electron chi connectivity index (χ2n) is 4.01. The van der Waals surface area contributed by atoms with Crippen molar-refractivity contribution in [1.29, 1.82) is 0 Å². The molecule has 1 aromatic carbocycles. The largest absolute Gasteiger partial charge is 0.469 e. The Kier molecular flexibility index (Phi) is 3.49. The Morgan fingerprint density at radius 3 is 2.82 bits per heavy atom. The number of benzene rings is 1. The lowest BCUT2D eigenvalue weighted by atomic mass is 10.0. The van der Waals surface area contributed by atoms with Crippen LogP contribution in [-0.2, 0) is 12.8 Å². The molecule has 0 spiro atoms. The molecule has 0 aliphatic rings. The number of furan rings is 1. The number of hydrogen-bond donors (Lipinski definition) is 2. The lowest BCUT2D eigenvalue weighted by Crippen LogP contribution is -1.99. The number of nitrogen functional groups attached to an aromatic ring is 1. The molecule has 0 amide bonds. The van der Waals surface area contributed by atoms with Gasteiger partial charge in [0.05, 0.1) is 6.26 Å². The highest BCUT2D eigenvalue weighted by atomic mass is 16.3. The van der Waals surface area contributed by atoms with Gasteiger partial charge in [-0.3, -0.25) is 0 Å². The number of aliphatic hydroxyl groups is 1. The average molecular weight is 231 g/mol. The lowest BCUT2D eigenvalue weighted by Gasteiger charge is -2.08. The summed E-state index contributed by atoms with van der Waals surface area (Å²) in [4.78, 5) is 0. The van der Waals surface area contributed by atoms with Gasteiger partial charge in [-0.25, -0.2) is 0 Å². The molecule has 17 heavy (non-hydrogen) atoms. The number of aryl methyl sites for hydroxylation is 1. The lowest BCUT2D eigenvalue weighted by molar-refractivity contribution is 0.300. The van der Waals surface area contributed by atoms with E-state index in [4.69, 9.17) is 15.3 Å². The third-order valence-electron chi connectivity index (χ3n) is 2.89. The summed E-state index contributed by atoms with van der Waals surface area (Å²) in [5.74, 6) is 0.951. The minimum absolute atomic E-state index is 0.110. The van der Waals surface area contributed by atoms with Crippen LogP contribution in [0, 0.1) is 0 Å². The molecule has 1 heterocycles. The number of aliphatic hydroxyl groups excluding tert-OH is 1. The van der Waals surface area contributed by atoms with Crippen LogP contribution in [0.15, 0.2) is 34.9 Å². The van der Waals surface area contributed by atoms with Gasteiger partial charge in [-0.1, -0.05) is 25.1 Å². The fraction of sp³-hybridized carbons (Fsp3) is 0.286. The van der Waals surface area contributed by atoms with Gasteiger partial charge in [-0.15, -0.1) is 0 Å². The van der Waals surface area contributed by atoms with Gasteiger partial charge in [0, 0.05) is 29.8 Å². The van der Waals surface area contributed by atoms with Crippen molar-refractivity contribution < 1.29 is 9.52 Å². The minimum Gasteiger partial charge on any atom is -0.469 e. The van der Waals surface area contributed by atoms with Gasteiger partial charge in [-0.05, 0) is 18.1 Å². The first-order valence-electron chi connectivity index (χ1n) is 5.82. The predicted octanol–water partition coefficient (Wildman–Crippen LogP) is 2.63. The SMILES string of the molecule is CCc1cc(-c2cccc(CCO)c2N)co1. The third kappa shape index (κ3) is 2.34. The van der Waals surface area contributed by atoms with Crippen molar-refractivity contribution in [1.82, 2.24) is 0 Å². The first-order valence-corrected chi connectivity index (χ1v) is 5.82. The van der Waals surface area contributed by atoms with Crippen LogP contribution in [0.3, 0.4) is 0 Å². The van der Waals surface area contributed by atoms with E-state index in [0.29, 0.717) is 6.42 Å². The zero-order valence-corrected chi connectivity index (χ0v) is 9.94. The normalized spacial score (nSPS) is 10.7. The van der Waals surface area contributed by atoms with Crippen molar-refractivity contribution in [2.45, 2.75) is 19.8 Å². The zero-order chi connectivity index (χ0) is 12.3. The average Bonchev–Trinajstić information content (AvgIpc) is 2.80. The van der Waals surface area contributed by atoms with Crippen LogP contribution < -0.4 is 5.73 Å². The smallest absolute Gasteiger partial charge is 0.104 e. The minimum atomic E-state index is 0.110. The summed E-state index contributed by atoms with van der Waals surface area (Å²) < 4.78 is 5.42. The molecule has 0 aliphatic carbocycles. The van der Waals surface area contributed by atoms with Crippen molar-refractivity contribution in [3.05, 3.63) is 41.9 Å². The van der Waals surface area contributed by atoms with Crippen LogP contribution in [-0.4, -0.2) is 11.7 Å². The Morgan fingerprint density at radius 1 is 1.35 bits per heavy atom. The van der Waals surface area contributed by atoms with E-state index in [9.17, 15) is 0 Å². The second kappa shape index (κ2) is 5.06. The molecular weight excluding hydrogens is 214 g/mol. The Bertz CT molecular complexity index is 503. The highest BCUT2D eigenvalue weighted by Crippen LogP contribution is 2.30. The maximum Gasteiger partial charge on any atom is 0.104 e. The molecular formula is C14H17NO2. The first kappa shape index (κ1) is 11.7. The topological polar surface area (TPSA) is 59.4 Å². The fourth-order valence-electron chi connectivity index (χ4n) is 1.91. The van der Waals surface area contributed by atoms with Gasteiger partial charge in [0.2, 0.25) is 0 Å². The molecule has 0 saturated carbocycles. The number of hydrogen-bond acceptors (Lipinski definition) is 3. The van der Waals surface area contributed by atoms with E-state index in [2.05, 4.69) is 0 Å². The van der Waals surface area contributed by atoms with E-state index in [1.807, 2.05) is 31.2 Å². The molecule has 3 nitrogen and oxygen atoms in total. The molecule has 0 saturated heterocycles. The van der Waals surface area contributed by atoms with Crippen LogP contribution in [0.4, 0.5) is 5.69 Å². The molecule has 3 heteroatoms. The van der Waals surface area contributed by atoms with E-state index in [0.717, 1.165) is 34.6 Å². The summed E-state index contributed by atoms with van der Waals surface area (Å²) in [6, 6.07) is 7.88. The third-order valence-corrected chi connectivity index (χ3v) is 2.89. The summed E-state index contributed by atoms with van der Waals surface area (Å²) >= 11 is 0. The summed E-state index contributed by atoms with van der Waals surface area (Å²) in [6.07, 6.45) is 3.18. The molecule has 3 N–H and O–H groups in total. The van der Waals surface area contributed by atoms with Gasteiger partial charge in [0.25, 0.3) is 0 Å². The highest BCUT2D eigenvalue weighted by Gasteiger charge is 2.09. The molecule has 2 aromatic rings. The van der Waals surface area contributed by atoms with Gasteiger partial charge in [-0.2, -0.15) is 0 Å². The van der Waals surface area contributed by atoms with Crippen LogP contribution in [0.2, 0.25) is 0 Å². The monoisotopic (exact) mass is 231 g/mol. The summed E-state index contributed by atoms with van der Waals surface area (Å²) in [7, 11) is 0. The predicted molar refractivity (Wildman–Crippen MR) is 68.7 cm³/mol. The first-order chi connectivity index (χ1) is 8.26. The second-order valence-corrected chi connectivity index (χ2v) is 4.01. The van der Waals surface area contributed by atoms with Gasteiger partial charge in [0.1, 0.15) is 5.76 Å². The van der Waals surface area contributed by atoms with Gasteiger partial charge in [0.15, 0.2) is 0 Å². The molecule has 0 radical (unpaired) electrons. The Labute approximate surface area is 101 Å². The molecule has 0 bridgehead atoms. The highest BCUT2D eigenvalue weighted by molar-refractivity contribution is 5.78. The molecule has 0 aliphatic heterocycles. The summed E-state index contributed by atoms with van der Waals surface area (Å²) in [5, 5.41) is 8.97. The van der Waals surface area contributed by atoms with E-state index < -0.39 is 0 Å². The molecule has 0 fully saturated rings. The standard InChI is InChI=1S/C14H17NO2/c1-2-12-8-11(9-17-12)13-5-3-4-10(6-7-16)14(13)15/h3-5,8-9,16H,2,6-7,15H2,1H3. The maximum absolute atomic E-state index is 8.97. The Morgan fingerprint density at radius 2 is 2.18 bits per heavy atom. The molecule has 90 valence electrons. The van der Waals surface area contributed by atoms with Crippen molar-refractivity contribution >= 4 is 5.69 Å². The zero-order valence-electron chi connectivity index (χ0n) is 9.94. The number of anilines is 1. The van der Waals surface area contributed by atoms with E-state index in [1.54, 1.807) is 6.26 Å². The van der Waals surface area contributed by atoms with Crippen molar-refractivity contribution in [3.8, 4) is 11.1 Å². The van der Waals surface area contributed by atoms with Crippen molar-refractivity contribution in [3.63, 3.8) is 0 Å². The van der Waals surface area contributed by atoms with Crippen molar-refractivity contribution in [2.24, 2.45) is 0 Å². The molecule has 1 aromatic heterocycles. The number of nitrogens with two attached hydrogens (primary N) is 1. The van der Waals surface area contributed by atoms with Gasteiger partial charge < -0.3 is 15.3 Å². The number of rotatable bonds is 4. The summed E-state index contributed by atoms with van der Waals surface area (Å²) in [6.45, 7) is 2.16. The van der Waals surface area contributed by atoms with Crippen LogP contribution in [0.1, 0.15) is 18.2 Å². The quantitative estimate of drug-likeness (QED) is 0.795. The van der Waals surface area contributed by atoms with Crippen LogP contribution >= 0.6 is 0 Å². The molecule has 2 rings (SSSR count). The maximum atomic E-state index is 8.97. The number of para-hydroxylation sites is 1. The van der Waals surface area contributed by atoms with Crippen molar-refractivity contribution in [2.75, 3.05) is 12.3 Å². The Balaban J connectivity index is 2.41. The van der Waals surface area contributed by atoms with E-state index in [1.165, 1.54) is 0 Å². The fourth-order valence-corrected chi connectivity index (χ4v) is 1.91. The van der Waals surface area contributed by atoms with Crippen LogP contribution in [0.5, 0.6) is 0 Å². The van der Waals surface area contributed by atoms with E-state index in [-0.39, 0.29) is 6.61 Å².